The lowest BCUT2D eigenvalue weighted by molar-refractivity contribution is -0.384. The molecule has 7 heteroatoms. The number of hydrogen-bond acceptors (Lipinski definition) is 5. The van der Waals surface area contributed by atoms with Crippen LogP contribution < -0.4 is 5.32 Å². The Labute approximate surface area is 122 Å². The highest BCUT2D eigenvalue weighted by molar-refractivity contribution is 7.99. The Morgan fingerprint density at radius 2 is 2.15 bits per heavy atom. The van der Waals surface area contributed by atoms with Crippen LogP contribution in [0.5, 0.6) is 0 Å². The monoisotopic (exact) mass is 297 g/mol. The molecular weight excluding hydrogens is 278 g/mol. The van der Waals surface area contributed by atoms with Crippen LogP contribution in [0.3, 0.4) is 0 Å². The molecule has 1 atom stereocenters. The quantitative estimate of drug-likeness (QED) is 0.645. The van der Waals surface area contributed by atoms with Gasteiger partial charge in [-0.2, -0.15) is 11.8 Å². The Kier molecular flexibility index (Phi) is 5.82. The van der Waals surface area contributed by atoms with Crippen molar-refractivity contribution in [1.29, 1.82) is 0 Å². The first-order chi connectivity index (χ1) is 9.36. The van der Waals surface area contributed by atoms with E-state index >= 15 is 0 Å². The predicted octanol–water partition coefficient (Wildman–Crippen LogP) is 2.46. The lowest BCUT2D eigenvalue weighted by Gasteiger charge is -2.13. The van der Waals surface area contributed by atoms with E-state index in [0.717, 1.165) is 0 Å². The van der Waals surface area contributed by atoms with Crippen molar-refractivity contribution < 1.29 is 9.72 Å². The molecule has 0 radical (unpaired) electrons. The first-order valence-electron chi connectivity index (χ1n) is 6.13. The van der Waals surface area contributed by atoms with E-state index in [9.17, 15) is 14.9 Å². The largest absolute Gasteiger partial charge is 0.378 e. The number of hydrogen-bond donors (Lipinski definition) is 1. The second-order valence-electron chi connectivity index (χ2n) is 4.62. The van der Waals surface area contributed by atoms with Crippen molar-refractivity contribution >= 4 is 29.0 Å². The number of amides is 1. The van der Waals surface area contributed by atoms with E-state index in [4.69, 9.17) is 0 Å². The Balaban J connectivity index is 3.02. The molecular formula is C13H19N3O3S. The maximum Gasteiger partial charge on any atom is 0.293 e. The number of thioether (sulfide) groups is 1. The van der Waals surface area contributed by atoms with Gasteiger partial charge in [0.2, 0.25) is 0 Å². The lowest BCUT2D eigenvalue weighted by Crippen LogP contribution is -2.22. The fourth-order valence-electron chi connectivity index (χ4n) is 1.56. The molecule has 110 valence electrons. The third kappa shape index (κ3) is 4.12. The first-order valence-corrected chi connectivity index (χ1v) is 7.42. The molecule has 20 heavy (non-hydrogen) atoms. The van der Waals surface area contributed by atoms with Gasteiger partial charge in [-0.3, -0.25) is 14.9 Å². The van der Waals surface area contributed by atoms with Crippen LogP contribution in [0.4, 0.5) is 11.4 Å². The molecule has 1 amide bonds. The third-order valence-corrected chi connectivity index (χ3v) is 3.80. The molecule has 1 rings (SSSR count). The van der Waals surface area contributed by atoms with Crippen LogP contribution in [-0.2, 0) is 0 Å². The van der Waals surface area contributed by atoms with Gasteiger partial charge >= 0.3 is 0 Å². The molecule has 1 aromatic carbocycles. The highest BCUT2D eigenvalue weighted by Gasteiger charge is 2.18. The van der Waals surface area contributed by atoms with Gasteiger partial charge in [0, 0.05) is 37.5 Å². The molecule has 0 aliphatic carbocycles. The third-order valence-electron chi connectivity index (χ3n) is 2.83. The number of nitrogens with zero attached hydrogens (tertiary/aromatic N) is 2. The number of anilines is 1. The summed E-state index contributed by atoms with van der Waals surface area (Å²) in [5.41, 5.74) is 0.669. The molecule has 0 spiro atoms. The molecule has 1 unspecified atom stereocenters. The Hall–Kier alpha value is -1.76. The molecule has 0 aliphatic rings. The minimum absolute atomic E-state index is 0.0778. The average Bonchev–Trinajstić information content (AvgIpc) is 2.43. The van der Waals surface area contributed by atoms with Gasteiger partial charge in [0.25, 0.3) is 11.6 Å². The molecule has 1 aromatic rings. The van der Waals surface area contributed by atoms with Crippen molar-refractivity contribution in [3.63, 3.8) is 0 Å². The number of benzene rings is 1. The fraction of sp³-hybridized carbons (Fsp3) is 0.462. The van der Waals surface area contributed by atoms with E-state index in [-0.39, 0.29) is 11.6 Å². The van der Waals surface area contributed by atoms with Crippen molar-refractivity contribution in [3.05, 3.63) is 33.9 Å². The fourth-order valence-corrected chi connectivity index (χ4v) is 1.81. The summed E-state index contributed by atoms with van der Waals surface area (Å²) >= 11 is 1.68. The van der Waals surface area contributed by atoms with Gasteiger partial charge in [0.1, 0.15) is 5.69 Å². The van der Waals surface area contributed by atoms with Crippen molar-refractivity contribution in [3.8, 4) is 0 Å². The van der Waals surface area contributed by atoms with Gasteiger partial charge in [0.15, 0.2) is 0 Å². The summed E-state index contributed by atoms with van der Waals surface area (Å²) in [6, 6.07) is 4.50. The maximum atomic E-state index is 11.8. The molecule has 0 saturated carbocycles. The van der Waals surface area contributed by atoms with Crippen LogP contribution in [0, 0.1) is 10.1 Å². The maximum absolute atomic E-state index is 11.8. The summed E-state index contributed by atoms with van der Waals surface area (Å²) in [5.74, 6) is -0.253. The number of carbonyl (C=O) groups excluding carboxylic acids is 1. The zero-order chi connectivity index (χ0) is 15.3. The van der Waals surface area contributed by atoms with E-state index in [1.165, 1.54) is 11.0 Å². The molecule has 0 heterocycles. The SMILES string of the molecule is CSC(C)CNc1ccc(C(=O)N(C)C)cc1[N+](=O)[O-]. The summed E-state index contributed by atoms with van der Waals surface area (Å²) in [4.78, 5) is 23.9. The Morgan fingerprint density at radius 3 is 2.65 bits per heavy atom. The van der Waals surface area contributed by atoms with Gasteiger partial charge in [-0.15, -0.1) is 0 Å². The van der Waals surface area contributed by atoms with Crippen molar-refractivity contribution in [2.24, 2.45) is 0 Å². The molecule has 0 bridgehead atoms. The summed E-state index contributed by atoms with van der Waals surface area (Å²) in [6.07, 6.45) is 1.99. The lowest BCUT2D eigenvalue weighted by atomic mass is 10.1. The van der Waals surface area contributed by atoms with Gasteiger partial charge in [-0.1, -0.05) is 6.92 Å². The van der Waals surface area contributed by atoms with Gasteiger partial charge in [-0.25, -0.2) is 0 Å². The minimum atomic E-state index is -0.474. The summed E-state index contributed by atoms with van der Waals surface area (Å²) in [7, 11) is 3.22. The average molecular weight is 297 g/mol. The van der Waals surface area contributed by atoms with Gasteiger partial charge in [-0.05, 0) is 18.4 Å². The molecule has 0 aliphatic heterocycles. The zero-order valence-electron chi connectivity index (χ0n) is 12.0. The van der Waals surface area contributed by atoms with Crippen LogP contribution in [-0.4, -0.2) is 47.9 Å². The minimum Gasteiger partial charge on any atom is -0.378 e. The highest BCUT2D eigenvalue weighted by atomic mass is 32.2. The van der Waals surface area contributed by atoms with E-state index in [1.807, 2.05) is 13.2 Å². The summed E-state index contributed by atoms with van der Waals surface area (Å²) in [5, 5.41) is 14.5. The second-order valence-corrected chi connectivity index (χ2v) is 5.89. The normalized spacial score (nSPS) is 11.8. The predicted molar refractivity (Wildman–Crippen MR) is 82.6 cm³/mol. The standard InChI is InChI=1S/C13H19N3O3S/c1-9(20-4)8-14-11-6-5-10(13(17)15(2)3)7-12(11)16(18)19/h5-7,9,14H,8H2,1-4H3. The van der Waals surface area contributed by atoms with Crippen LogP contribution in [0.25, 0.3) is 0 Å². The first kappa shape index (κ1) is 16.3. The summed E-state index contributed by atoms with van der Waals surface area (Å²) < 4.78 is 0. The van der Waals surface area contributed by atoms with Gasteiger partial charge in [0.05, 0.1) is 4.92 Å². The van der Waals surface area contributed by atoms with E-state index < -0.39 is 4.92 Å². The topological polar surface area (TPSA) is 75.5 Å². The summed E-state index contributed by atoms with van der Waals surface area (Å²) in [6.45, 7) is 2.66. The van der Waals surface area contributed by atoms with E-state index in [1.54, 1.807) is 38.0 Å². The van der Waals surface area contributed by atoms with Crippen molar-refractivity contribution in [1.82, 2.24) is 4.90 Å². The smallest absolute Gasteiger partial charge is 0.293 e. The number of nitro groups is 1. The Morgan fingerprint density at radius 1 is 1.50 bits per heavy atom. The van der Waals surface area contributed by atoms with Crippen LogP contribution in [0.15, 0.2) is 18.2 Å². The number of nitro benzene ring substituents is 1. The Bertz CT molecular complexity index is 506. The van der Waals surface area contributed by atoms with E-state index in [0.29, 0.717) is 23.0 Å². The molecule has 0 saturated heterocycles. The van der Waals surface area contributed by atoms with Crippen LogP contribution in [0.1, 0.15) is 17.3 Å². The molecule has 0 aromatic heterocycles. The highest BCUT2D eigenvalue weighted by Crippen LogP contribution is 2.26. The van der Waals surface area contributed by atoms with Crippen molar-refractivity contribution in [2.45, 2.75) is 12.2 Å². The number of rotatable bonds is 6. The molecule has 1 N–H and O–H groups in total. The zero-order valence-corrected chi connectivity index (χ0v) is 12.9. The van der Waals surface area contributed by atoms with Crippen molar-refractivity contribution in [2.75, 3.05) is 32.2 Å². The van der Waals surface area contributed by atoms with E-state index in [2.05, 4.69) is 5.32 Å². The van der Waals surface area contributed by atoms with Gasteiger partial charge < -0.3 is 10.2 Å². The van der Waals surface area contributed by atoms with Crippen LogP contribution in [0.2, 0.25) is 0 Å². The number of carbonyl (C=O) groups is 1. The second kappa shape index (κ2) is 7.14. The molecule has 6 nitrogen and oxygen atoms in total. The van der Waals surface area contributed by atoms with Crippen LogP contribution >= 0.6 is 11.8 Å². The molecule has 0 fully saturated rings. The number of nitrogens with one attached hydrogen (secondary N) is 1.